The summed E-state index contributed by atoms with van der Waals surface area (Å²) in [5.74, 6) is 0. The predicted molar refractivity (Wildman–Crippen MR) is 81.2 cm³/mol. The summed E-state index contributed by atoms with van der Waals surface area (Å²) >= 11 is 0. The van der Waals surface area contributed by atoms with E-state index in [-0.39, 0.29) is 6.04 Å². The predicted octanol–water partition coefficient (Wildman–Crippen LogP) is 5.67. The van der Waals surface area contributed by atoms with Gasteiger partial charge in [-0.2, -0.15) is 13.2 Å². The molecule has 1 unspecified atom stereocenters. The van der Waals surface area contributed by atoms with Crippen molar-refractivity contribution in [3.05, 3.63) is 35.4 Å². The van der Waals surface area contributed by atoms with Crippen LogP contribution >= 0.6 is 0 Å². The molecule has 0 N–H and O–H groups in total. The maximum absolute atomic E-state index is 12.6. The summed E-state index contributed by atoms with van der Waals surface area (Å²) < 4.78 is 37.9. The van der Waals surface area contributed by atoms with Gasteiger partial charge in [0.2, 0.25) is 0 Å². The average Bonchev–Trinajstić information content (AvgIpc) is 2.46. The highest BCUT2D eigenvalue weighted by Gasteiger charge is 2.30. The molecule has 0 fully saturated rings. The van der Waals surface area contributed by atoms with Crippen molar-refractivity contribution in [1.29, 1.82) is 0 Å². The molecular formula is C17H26F3N. The SMILES string of the molecule is CCCCN(C(C)c1ccc(C(F)(F)F)cc1)[C@@H](C)CC. The van der Waals surface area contributed by atoms with Gasteiger partial charge in [-0.15, -0.1) is 0 Å². The Balaban J connectivity index is 2.90. The van der Waals surface area contributed by atoms with Gasteiger partial charge in [0.15, 0.2) is 0 Å². The molecule has 0 radical (unpaired) electrons. The second-order valence-electron chi connectivity index (χ2n) is 5.64. The minimum atomic E-state index is -4.26. The fraction of sp³-hybridized carbons (Fsp3) is 0.647. The van der Waals surface area contributed by atoms with E-state index in [9.17, 15) is 13.2 Å². The Morgan fingerprint density at radius 2 is 1.62 bits per heavy atom. The van der Waals surface area contributed by atoms with Crippen LogP contribution in [0.2, 0.25) is 0 Å². The van der Waals surface area contributed by atoms with Gasteiger partial charge in [0, 0.05) is 12.1 Å². The van der Waals surface area contributed by atoms with Crippen molar-refractivity contribution in [2.24, 2.45) is 0 Å². The number of halogens is 3. The van der Waals surface area contributed by atoms with Crippen molar-refractivity contribution >= 4 is 0 Å². The smallest absolute Gasteiger partial charge is 0.294 e. The van der Waals surface area contributed by atoms with Gasteiger partial charge in [-0.25, -0.2) is 0 Å². The number of hydrogen-bond donors (Lipinski definition) is 0. The maximum Gasteiger partial charge on any atom is 0.416 e. The van der Waals surface area contributed by atoms with Gasteiger partial charge >= 0.3 is 6.18 Å². The Hall–Kier alpha value is -1.03. The van der Waals surface area contributed by atoms with Gasteiger partial charge in [0.1, 0.15) is 0 Å². The number of alkyl halides is 3. The van der Waals surface area contributed by atoms with Gasteiger partial charge in [-0.1, -0.05) is 32.4 Å². The second-order valence-corrected chi connectivity index (χ2v) is 5.64. The van der Waals surface area contributed by atoms with Gasteiger partial charge in [-0.3, -0.25) is 4.90 Å². The summed E-state index contributed by atoms with van der Waals surface area (Å²) in [7, 11) is 0. The third kappa shape index (κ3) is 5.03. The third-order valence-corrected chi connectivity index (χ3v) is 4.14. The Morgan fingerprint density at radius 3 is 2.05 bits per heavy atom. The minimum absolute atomic E-state index is 0.133. The molecule has 120 valence electrons. The Bertz CT molecular complexity index is 411. The molecule has 0 saturated carbocycles. The fourth-order valence-electron chi connectivity index (χ4n) is 2.51. The molecule has 21 heavy (non-hydrogen) atoms. The van der Waals surface area contributed by atoms with Crippen LogP contribution in [-0.2, 0) is 6.18 Å². The van der Waals surface area contributed by atoms with E-state index in [1.54, 1.807) is 12.1 Å². The van der Waals surface area contributed by atoms with Crippen molar-refractivity contribution < 1.29 is 13.2 Å². The van der Waals surface area contributed by atoms with E-state index >= 15 is 0 Å². The first-order valence-corrected chi connectivity index (χ1v) is 7.74. The van der Waals surface area contributed by atoms with Crippen LogP contribution in [0.3, 0.4) is 0 Å². The third-order valence-electron chi connectivity index (χ3n) is 4.14. The molecule has 1 nitrogen and oxygen atoms in total. The maximum atomic E-state index is 12.6. The van der Waals surface area contributed by atoms with Gasteiger partial charge in [0.25, 0.3) is 0 Å². The molecule has 1 rings (SSSR count). The highest BCUT2D eigenvalue weighted by Crippen LogP contribution is 2.31. The Labute approximate surface area is 126 Å². The van der Waals surface area contributed by atoms with Crippen molar-refractivity contribution in [2.45, 2.75) is 65.2 Å². The van der Waals surface area contributed by atoms with Crippen LogP contribution in [0.25, 0.3) is 0 Å². The largest absolute Gasteiger partial charge is 0.416 e. The zero-order valence-electron chi connectivity index (χ0n) is 13.4. The number of benzene rings is 1. The van der Waals surface area contributed by atoms with E-state index < -0.39 is 11.7 Å². The topological polar surface area (TPSA) is 3.24 Å². The monoisotopic (exact) mass is 301 g/mol. The molecule has 0 spiro atoms. The van der Waals surface area contributed by atoms with Crippen LogP contribution in [-0.4, -0.2) is 17.5 Å². The first kappa shape index (κ1) is 18.0. The molecule has 0 saturated heterocycles. The summed E-state index contributed by atoms with van der Waals surface area (Å²) in [5, 5.41) is 0. The molecule has 0 amide bonds. The first-order valence-electron chi connectivity index (χ1n) is 7.74. The average molecular weight is 301 g/mol. The lowest BCUT2D eigenvalue weighted by Gasteiger charge is -2.34. The fourth-order valence-corrected chi connectivity index (χ4v) is 2.51. The molecule has 4 heteroatoms. The molecular weight excluding hydrogens is 275 g/mol. The molecule has 0 heterocycles. The van der Waals surface area contributed by atoms with E-state index in [4.69, 9.17) is 0 Å². The van der Waals surface area contributed by atoms with Crippen LogP contribution < -0.4 is 0 Å². The molecule has 0 aliphatic heterocycles. The number of hydrogen-bond acceptors (Lipinski definition) is 1. The van der Waals surface area contributed by atoms with E-state index in [1.165, 1.54) is 12.1 Å². The number of rotatable bonds is 7. The first-order chi connectivity index (χ1) is 9.81. The van der Waals surface area contributed by atoms with Crippen LogP contribution in [0, 0.1) is 0 Å². The molecule has 1 aromatic rings. The lowest BCUT2D eigenvalue weighted by atomic mass is 10.0. The van der Waals surface area contributed by atoms with Gasteiger partial charge < -0.3 is 0 Å². The summed E-state index contributed by atoms with van der Waals surface area (Å²) in [6, 6.07) is 6.13. The van der Waals surface area contributed by atoms with Gasteiger partial charge in [0.05, 0.1) is 5.56 Å². The Kier molecular flexibility index (Phi) is 6.72. The number of unbranched alkanes of at least 4 members (excludes halogenated alkanes) is 1. The van der Waals surface area contributed by atoms with Gasteiger partial charge in [-0.05, 0) is 50.9 Å². The highest BCUT2D eigenvalue weighted by molar-refractivity contribution is 5.26. The van der Waals surface area contributed by atoms with Crippen molar-refractivity contribution in [3.63, 3.8) is 0 Å². The van der Waals surface area contributed by atoms with E-state index in [0.717, 1.165) is 31.4 Å². The molecule has 0 aliphatic carbocycles. The standard InChI is InChI=1S/C17H26F3N/c1-5-7-12-21(13(3)6-2)14(4)15-8-10-16(11-9-15)17(18,19)20/h8-11,13-14H,5-7,12H2,1-4H3/t13-,14?/m0/s1. The van der Waals surface area contributed by atoms with Crippen LogP contribution in [0.1, 0.15) is 64.1 Å². The lowest BCUT2D eigenvalue weighted by molar-refractivity contribution is -0.137. The minimum Gasteiger partial charge on any atom is -0.294 e. The normalized spacial score (nSPS) is 15.2. The van der Waals surface area contributed by atoms with Crippen molar-refractivity contribution in [1.82, 2.24) is 4.90 Å². The van der Waals surface area contributed by atoms with E-state index in [0.29, 0.717) is 6.04 Å². The quantitative estimate of drug-likeness (QED) is 0.627. The molecule has 0 bridgehead atoms. The van der Waals surface area contributed by atoms with Crippen LogP contribution in [0.5, 0.6) is 0 Å². The molecule has 0 aromatic heterocycles. The highest BCUT2D eigenvalue weighted by atomic mass is 19.4. The number of nitrogens with zero attached hydrogens (tertiary/aromatic N) is 1. The van der Waals surface area contributed by atoms with E-state index in [1.807, 2.05) is 0 Å². The summed E-state index contributed by atoms with van der Waals surface area (Å²) in [5.41, 5.74) is 0.363. The summed E-state index contributed by atoms with van der Waals surface area (Å²) in [6.07, 6.45) is -1.00. The zero-order valence-corrected chi connectivity index (χ0v) is 13.4. The summed E-state index contributed by atoms with van der Waals surface area (Å²) in [4.78, 5) is 2.38. The Morgan fingerprint density at radius 1 is 1.05 bits per heavy atom. The van der Waals surface area contributed by atoms with Crippen molar-refractivity contribution in [3.8, 4) is 0 Å². The lowest BCUT2D eigenvalue weighted by Crippen LogP contribution is -2.35. The molecule has 2 atom stereocenters. The zero-order chi connectivity index (χ0) is 16.0. The summed E-state index contributed by atoms with van der Waals surface area (Å²) in [6.45, 7) is 9.52. The second kappa shape index (κ2) is 7.83. The van der Waals surface area contributed by atoms with Crippen LogP contribution in [0.15, 0.2) is 24.3 Å². The van der Waals surface area contributed by atoms with Crippen molar-refractivity contribution in [2.75, 3.05) is 6.54 Å². The van der Waals surface area contributed by atoms with Crippen LogP contribution in [0.4, 0.5) is 13.2 Å². The molecule has 0 aliphatic rings. The molecule has 1 aromatic carbocycles. The van der Waals surface area contributed by atoms with E-state index in [2.05, 4.69) is 32.6 Å².